The summed E-state index contributed by atoms with van der Waals surface area (Å²) in [6, 6.07) is 12.5. The predicted octanol–water partition coefficient (Wildman–Crippen LogP) is 3.46. The van der Waals surface area contributed by atoms with Crippen LogP contribution in [-0.2, 0) is 10.0 Å². The van der Waals surface area contributed by atoms with E-state index in [0.717, 1.165) is 11.1 Å². The number of benzene rings is 2. The van der Waals surface area contributed by atoms with Crippen LogP contribution >= 0.6 is 0 Å². The van der Waals surface area contributed by atoms with E-state index in [2.05, 4.69) is 12.2 Å². The van der Waals surface area contributed by atoms with Gasteiger partial charge in [0.1, 0.15) is 11.9 Å². The lowest BCUT2D eigenvalue weighted by Crippen LogP contribution is -2.46. The van der Waals surface area contributed by atoms with E-state index in [-0.39, 0.29) is 24.0 Å². The monoisotopic (exact) mass is 428 g/mol. The molecule has 4 rings (SSSR count). The van der Waals surface area contributed by atoms with Gasteiger partial charge in [-0.2, -0.15) is 4.31 Å². The average Bonchev–Trinajstić information content (AvgIpc) is 3.02. The maximum Gasteiger partial charge on any atom is 0.255 e. The van der Waals surface area contributed by atoms with Crippen molar-refractivity contribution in [1.82, 2.24) is 9.62 Å². The molecule has 2 aromatic rings. The quantitative estimate of drug-likeness (QED) is 0.809. The van der Waals surface area contributed by atoms with E-state index in [1.54, 1.807) is 18.2 Å². The number of piperidine rings is 1. The normalized spacial score (nSPS) is 22.4. The van der Waals surface area contributed by atoms with Crippen LogP contribution in [-0.4, -0.2) is 43.9 Å². The van der Waals surface area contributed by atoms with Gasteiger partial charge in [0, 0.05) is 30.6 Å². The van der Waals surface area contributed by atoms with Crippen molar-refractivity contribution in [1.29, 1.82) is 0 Å². The Morgan fingerprint density at radius 3 is 2.40 bits per heavy atom. The van der Waals surface area contributed by atoms with Crippen LogP contribution < -0.4 is 10.1 Å². The summed E-state index contributed by atoms with van der Waals surface area (Å²) in [5.41, 5.74) is 2.64. The molecular formula is C23H28N2O4S. The Hall–Kier alpha value is -2.38. The molecular weight excluding hydrogens is 400 g/mol. The lowest BCUT2D eigenvalue weighted by molar-refractivity contribution is 0.0919. The van der Waals surface area contributed by atoms with E-state index < -0.39 is 10.0 Å². The number of fused-ring (bicyclic) bond motifs is 1. The smallest absolute Gasteiger partial charge is 0.255 e. The second-order valence-corrected chi connectivity index (χ2v) is 10.2. The van der Waals surface area contributed by atoms with Crippen molar-refractivity contribution in [3.63, 3.8) is 0 Å². The molecule has 0 aromatic heterocycles. The minimum absolute atomic E-state index is 0.0455. The number of hydrogen-bond donors (Lipinski definition) is 1. The summed E-state index contributed by atoms with van der Waals surface area (Å²) in [5.74, 6) is 0.769. The Labute approximate surface area is 178 Å². The summed E-state index contributed by atoms with van der Waals surface area (Å²) >= 11 is 0. The molecule has 0 aliphatic carbocycles. The van der Waals surface area contributed by atoms with Crippen LogP contribution in [0.2, 0.25) is 0 Å². The third-order valence-corrected chi connectivity index (χ3v) is 8.15. The van der Waals surface area contributed by atoms with Crippen molar-refractivity contribution < 1.29 is 17.9 Å². The zero-order valence-corrected chi connectivity index (χ0v) is 18.4. The van der Waals surface area contributed by atoms with E-state index in [1.165, 1.54) is 4.31 Å². The Balaban J connectivity index is 1.40. The fourth-order valence-electron chi connectivity index (χ4n) is 4.13. The van der Waals surface area contributed by atoms with Crippen LogP contribution in [0.5, 0.6) is 5.75 Å². The second kappa shape index (κ2) is 8.04. The second-order valence-electron chi connectivity index (χ2n) is 8.30. The first-order chi connectivity index (χ1) is 14.3. The molecule has 0 bridgehead atoms. The van der Waals surface area contributed by atoms with Crippen LogP contribution in [0.25, 0.3) is 0 Å². The van der Waals surface area contributed by atoms with E-state index in [1.807, 2.05) is 38.1 Å². The van der Waals surface area contributed by atoms with Crippen LogP contribution in [0.4, 0.5) is 0 Å². The molecule has 2 aliphatic heterocycles. The van der Waals surface area contributed by atoms with Gasteiger partial charge >= 0.3 is 0 Å². The molecule has 2 aromatic carbocycles. The Kier molecular flexibility index (Phi) is 5.59. The van der Waals surface area contributed by atoms with Gasteiger partial charge in [0.25, 0.3) is 5.91 Å². The number of ether oxygens (including phenoxy) is 1. The predicted molar refractivity (Wildman–Crippen MR) is 115 cm³/mol. The molecule has 0 radical (unpaired) electrons. The summed E-state index contributed by atoms with van der Waals surface area (Å²) in [6.45, 7) is 6.81. The number of sulfonamides is 1. The van der Waals surface area contributed by atoms with Crippen molar-refractivity contribution >= 4 is 15.9 Å². The third-order valence-electron chi connectivity index (χ3n) is 6.24. The number of rotatable bonds is 4. The lowest BCUT2D eigenvalue weighted by atomic mass is 9.96. The summed E-state index contributed by atoms with van der Waals surface area (Å²) < 4.78 is 33.2. The number of carbonyl (C=O) groups excluding carboxylic acids is 1. The largest absolute Gasteiger partial charge is 0.489 e. The molecule has 160 valence electrons. The van der Waals surface area contributed by atoms with Crippen molar-refractivity contribution in [3.8, 4) is 5.75 Å². The van der Waals surface area contributed by atoms with Crippen LogP contribution in [0, 0.1) is 6.92 Å². The van der Waals surface area contributed by atoms with Gasteiger partial charge in [0.15, 0.2) is 0 Å². The van der Waals surface area contributed by atoms with Gasteiger partial charge in [0.2, 0.25) is 10.0 Å². The highest BCUT2D eigenvalue weighted by molar-refractivity contribution is 7.89. The van der Waals surface area contributed by atoms with Crippen molar-refractivity contribution in [2.45, 2.75) is 56.6 Å². The molecule has 6 nitrogen and oxygen atoms in total. The number of nitrogens with one attached hydrogen (secondary N) is 1. The fraction of sp³-hybridized carbons (Fsp3) is 0.435. The number of nitrogens with zero attached hydrogens (tertiary/aromatic N) is 1. The zero-order chi connectivity index (χ0) is 21.5. The molecule has 2 aliphatic rings. The molecule has 2 heterocycles. The highest BCUT2D eigenvalue weighted by Crippen LogP contribution is 2.40. The first kappa shape index (κ1) is 20.9. The summed E-state index contributed by atoms with van der Waals surface area (Å²) in [7, 11) is -3.50. The highest BCUT2D eigenvalue weighted by atomic mass is 32.2. The summed E-state index contributed by atoms with van der Waals surface area (Å²) in [5, 5.41) is 3.07. The Morgan fingerprint density at radius 1 is 1.07 bits per heavy atom. The SMILES string of the molecule is Cc1ccc(S(=O)(=O)N2CCC(NC(=O)c3cccc4c3OC(C)C4C)CC2)cc1. The van der Waals surface area contributed by atoms with Crippen molar-refractivity contribution in [3.05, 3.63) is 59.2 Å². The van der Waals surface area contributed by atoms with Crippen LogP contribution in [0.15, 0.2) is 47.4 Å². The number of aryl methyl sites for hydroxylation is 1. The van der Waals surface area contributed by atoms with Crippen LogP contribution in [0.1, 0.15) is 54.1 Å². The maximum absolute atomic E-state index is 12.9. The first-order valence-electron chi connectivity index (χ1n) is 10.4. The van der Waals surface area contributed by atoms with Crippen LogP contribution in [0.3, 0.4) is 0 Å². The molecule has 0 saturated carbocycles. The number of para-hydroxylation sites is 1. The summed E-state index contributed by atoms with van der Waals surface area (Å²) in [4.78, 5) is 13.2. The lowest BCUT2D eigenvalue weighted by Gasteiger charge is -2.31. The van der Waals surface area contributed by atoms with E-state index in [0.29, 0.717) is 42.1 Å². The Morgan fingerprint density at radius 2 is 1.73 bits per heavy atom. The van der Waals surface area contributed by atoms with Gasteiger partial charge in [-0.05, 0) is 44.9 Å². The molecule has 1 amide bonds. The summed E-state index contributed by atoms with van der Waals surface area (Å²) in [6.07, 6.45) is 1.21. The van der Waals surface area contributed by atoms with E-state index >= 15 is 0 Å². The standard InChI is InChI=1S/C23H28N2O4S/c1-15-7-9-19(10-8-15)30(27,28)25-13-11-18(12-14-25)24-23(26)21-6-4-5-20-16(2)17(3)29-22(20)21/h4-10,16-18H,11-14H2,1-3H3,(H,24,26). The molecule has 30 heavy (non-hydrogen) atoms. The zero-order valence-electron chi connectivity index (χ0n) is 17.6. The third kappa shape index (κ3) is 3.84. The average molecular weight is 429 g/mol. The molecule has 1 saturated heterocycles. The molecule has 2 atom stereocenters. The number of carbonyl (C=O) groups is 1. The van der Waals surface area contributed by atoms with Crippen molar-refractivity contribution in [2.24, 2.45) is 0 Å². The van der Waals surface area contributed by atoms with Gasteiger partial charge in [-0.1, -0.05) is 36.8 Å². The number of hydrogen-bond acceptors (Lipinski definition) is 4. The molecule has 2 unspecified atom stereocenters. The molecule has 7 heteroatoms. The topological polar surface area (TPSA) is 75.7 Å². The minimum Gasteiger partial charge on any atom is -0.489 e. The molecule has 1 fully saturated rings. The van der Waals surface area contributed by atoms with Gasteiger partial charge in [-0.15, -0.1) is 0 Å². The van der Waals surface area contributed by atoms with Gasteiger partial charge in [-0.3, -0.25) is 4.79 Å². The maximum atomic E-state index is 12.9. The molecule has 0 spiro atoms. The highest BCUT2D eigenvalue weighted by Gasteiger charge is 2.33. The van der Waals surface area contributed by atoms with Gasteiger partial charge < -0.3 is 10.1 Å². The molecule has 1 N–H and O–H groups in total. The first-order valence-corrected chi connectivity index (χ1v) is 11.9. The number of amides is 1. The van der Waals surface area contributed by atoms with Crippen molar-refractivity contribution in [2.75, 3.05) is 13.1 Å². The fourth-order valence-corrected chi connectivity index (χ4v) is 5.60. The van der Waals surface area contributed by atoms with E-state index in [4.69, 9.17) is 4.74 Å². The van der Waals surface area contributed by atoms with Gasteiger partial charge in [-0.25, -0.2) is 8.42 Å². The minimum atomic E-state index is -3.50. The van der Waals surface area contributed by atoms with Gasteiger partial charge in [0.05, 0.1) is 10.5 Å². The van der Waals surface area contributed by atoms with E-state index in [9.17, 15) is 13.2 Å². The Bertz CT molecular complexity index is 1040.